The number of H-pyrrole nitrogens is 1. The molecule has 0 saturated carbocycles. The first-order valence-electron chi connectivity index (χ1n) is 7.89. The third kappa shape index (κ3) is 3.02. The third-order valence-corrected chi connectivity index (χ3v) is 4.19. The van der Waals surface area contributed by atoms with Crippen molar-refractivity contribution in [2.45, 2.75) is 13.8 Å². The number of carbonyl (C=O) groups excluding carboxylic acids is 2. The van der Waals surface area contributed by atoms with E-state index in [1.807, 2.05) is 31.2 Å². The monoisotopic (exact) mass is 315 g/mol. The number of piperazine rings is 1. The van der Waals surface area contributed by atoms with Gasteiger partial charge in [-0.3, -0.25) is 4.79 Å². The fourth-order valence-corrected chi connectivity index (χ4v) is 2.90. The summed E-state index contributed by atoms with van der Waals surface area (Å²) in [6.45, 7) is 6.22. The van der Waals surface area contributed by atoms with Crippen LogP contribution in [0.5, 0.6) is 0 Å². The molecule has 0 spiro atoms. The van der Waals surface area contributed by atoms with Crippen LogP contribution in [-0.4, -0.2) is 59.6 Å². The molecule has 23 heavy (non-hydrogen) atoms. The number of aryl methyl sites for hydroxylation is 1. The first kappa shape index (κ1) is 15.4. The minimum atomic E-state index is -0.305. The molecule has 0 atom stereocenters. The summed E-state index contributed by atoms with van der Waals surface area (Å²) in [5.74, 6) is -0.0240. The molecule has 122 valence electrons. The largest absolute Gasteiger partial charge is 0.450 e. The summed E-state index contributed by atoms with van der Waals surface area (Å²) in [5, 5.41) is 1.04. The Kier molecular flexibility index (Phi) is 4.23. The molecule has 2 heterocycles. The van der Waals surface area contributed by atoms with Gasteiger partial charge in [-0.1, -0.05) is 18.2 Å². The van der Waals surface area contributed by atoms with Crippen molar-refractivity contribution in [1.82, 2.24) is 14.8 Å². The summed E-state index contributed by atoms with van der Waals surface area (Å²) in [6, 6.07) is 7.89. The van der Waals surface area contributed by atoms with E-state index in [9.17, 15) is 9.59 Å². The number of amides is 2. The van der Waals surface area contributed by atoms with Gasteiger partial charge in [-0.05, 0) is 25.5 Å². The standard InChI is InChI=1S/C17H21N3O3/c1-3-23-17(22)20-9-7-19(8-10-20)16(21)14-11-13-6-4-5-12(2)15(13)18-14/h4-6,11,18H,3,7-10H2,1-2H3. The van der Waals surface area contributed by atoms with E-state index in [4.69, 9.17) is 4.74 Å². The van der Waals surface area contributed by atoms with Gasteiger partial charge >= 0.3 is 6.09 Å². The second kappa shape index (κ2) is 6.32. The van der Waals surface area contributed by atoms with E-state index in [-0.39, 0.29) is 12.0 Å². The Bertz CT molecular complexity index is 730. The number of carbonyl (C=O) groups is 2. The first-order chi connectivity index (χ1) is 11.1. The quantitative estimate of drug-likeness (QED) is 0.925. The molecule has 1 aliphatic heterocycles. The molecular weight excluding hydrogens is 294 g/mol. The Morgan fingerprint density at radius 2 is 1.87 bits per heavy atom. The van der Waals surface area contributed by atoms with Gasteiger partial charge in [0, 0.05) is 37.1 Å². The SMILES string of the molecule is CCOC(=O)N1CCN(C(=O)c2cc3cccc(C)c3[nH]2)CC1. The molecule has 1 saturated heterocycles. The van der Waals surface area contributed by atoms with Crippen molar-refractivity contribution in [3.63, 3.8) is 0 Å². The Hall–Kier alpha value is -2.50. The molecule has 1 N–H and O–H groups in total. The smallest absolute Gasteiger partial charge is 0.409 e. The molecule has 1 aromatic heterocycles. The molecule has 2 aromatic rings. The molecule has 6 nitrogen and oxygen atoms in total. The van der Waals surface area contributed by atoms with Crippen LogP contribution in [-0.2, 0) is 4.74 Å². The fourth-order valence-electron chi connectivity index (χ4n) is 2.90. The van der Waals surface area contributed by atoms with E-state index >= 15 is 0 Å². The van der Waals surface area contributed by atoms with Crippen LogP contribution >= 0.6 is 0 Å². The molecule has 0 unspecified atom stereocenters. The van der Waals surface area contributed by atoms with Crippen LogP contribution in [0, 0.1) is 6.92 Å². The van der Waals surface area contributed by atoms with Gasteiger partial charge in [-0.25, -0.2) is 4.79 Å². The number of fused-ring (bicyclic) bond motifs is 1. The van der Waals surface area contributed by atoms with Crippen LogP contribution in [0.1, 0.15) is 23.0 Å². The van der Waals surface area contributed by atoms with Gasteiger partial charge in [0.15, 0.2) is 0 Å². The molecule has 0 bridgehead atoms. The average molecular weight is 315 g/mol. The summed E-state index contributed by atoms with van der Waals surface area (Å²) in [5.41, 5.74) is 2.72. The van der Waals surface area contributed by atoms with Crippen LogP contribution in [0.3, 0.4) is 0 Å². The zero-order valence-electron chi connectivity index (χ0n) is 13.5. The lowest BCUT2D eigenvalue weighted by atomic mass is 10.2. The Balaban J connectivity index is 1.69. The van der Waals surface area contributed by atoms with Crippen LogP contribution in [0.4, 0.5) is 4.79 Å². The molecule has 2 amide bonds. The normalized spacial score (nSPS) is 15.0. The van der Waals surface area contributed by atoms with Crippen molar-refractivity contribution in [2.24, 2.45) is 0 Å². The van der Waals surface area contributed by atoms with Gasteiger partial charge in [0.25, 0.3) is 5.91 Å². The third-order valence-electron chi connectivity index (χ3n) is 4.19. The maximum atomic E-state index is 12.6. The van der Waals surface area contributed by atoms with Gasteiger partial charge < -0.3 is 19.5 Å². The van der Waals surface area contributed by atoms with Gasteiger partial charge in [0.2, 0.25) is 0 Å². The average Bonchev–Trinajstić information content (AvgIpc) is 3.00. The lowest BCUT2D eigenvalue weighted by Crippen LogP contribution is -2.50. The highest BCUT2D eigenvalue weighted by molar-refractivity contribution is 5.98. The molecule has 1 aromatic carbocycles. The highest BCUT2D eigenvalue weighted by atomic mass is 16.6. The number of ether oxygens (including phenoxy) is 1. The van der Waals surface area contributed by atoms with Gasteiger partial charge in [0.1, 0.15) is 5.69 Å². The van der Waals surface area contributed by atoms with Crippen LogP contribution in [0.25, 0.3) is 10.9 Å². The maximum absolute atomic E-state index is 12.6. The minimum Gasteiger partial charge on any atom is -0.450 e. The topological polar surface area (TPSA) is 65.6 Å². The molecule has 6 heteroatoms. The van der Waals surface area contributed by atoms with Crippen LogP contribution in [0.2, 0.25) is 0 Å². The Morgan fingerprint density at radius 3 is 2.52 bits per heavy atom. The number of para-hydroxylation sites is 1. The predicted molar refractivity (Wildman–Crippen MR) is 87.5 cm³/mol. The van der Waals surface area contributed by atoms with E-state index in [0.29, 0.717) is 38.5 Å². The fraction of sp³-hybridized carbons (Fsp3) is 0.412. The summed E-state index contributed by atoms with van der Waals surface area (Å²) in [4.78, 5) is 31.0. The minimum absolute atomic E-state index is 0.0240. The Morgan fingerprint density at radius 1 is 1.17 bits per heavy atom. The van der Waals surface area contributed by atoms with Crippen molar-refractivity contribution in [3.05, 3.63) is 35.5 Å². The van der Waals surface area contributed by atoms with Crippen molar-refractivity contribution in [2.75, 3.05) is 32.8 Å². The van der Waals surface area contributed by atoms with Crippen LogP contribution in [0.15, 0.2) is 24.3 Å². The van der Waals surface area contributed by atoms with Gasteiger partial charge in [-0.15, -0.1) is 0 Å². The summed E-state index contributed by atoms with van der Waals surface area (Å²) in [6.07, 6.45) is -0.305. The lowest BCUT2D eigenvalue weighted by molar-refractivity contribution is 0.0566. The first-order valence-corrected chi connectivity index (χ1v) is 7.89. The zero-order chi connectivity index (χ0) is 16.4. The van der Waals surface area contributed by atoms with E-state index in [1.54, 1.807) is 16.7 Å². The second-order valence-electron chi connectivity index (χ2n) is 5.70. The second-order valence-corrected chi connectivity index (χ2v) is 5.70. The molecule has 1 fully saturated rings. The number of benzene rings is 1. The highest BCUT2D eigenvalue weighted by Gasteiger charge is 2.26. The number of nitrogens with zero attached hydrogens (tertiary/aromatic N) is 2. The number of nitrogens with one attached hydrogen (secondary N) is 1. The number of rotatable bonds is 2. The van der Waals surface area contributed by atoms with Crippen molar-refractivity contribution in [3.8, 4) is 0 Å². The number of aromatic amines is 1. The van der Waals surface area contributed by atoms with Crippen molar-refractivity contribution >= 4 is 22.9 Å². The molecule has 0 aliphatic carbocycles. The zero-order valence-corrected chi connectivity index (χ0v) is 13.5. The highest BCUT2D eigenvalue weighted by Crippen LogP contribution is 2.20. The van der Waals surface area contributed by atoms with Crippen molar-refractivity contribution in [1.29, 1.82) is 0 Å². The maximum Gasteiger partial charge on any atom is 0.409 e. The summed E-state index contributed by atoms with van der Waals surface area (Å²) < 4.78 is 4.99. The van der Waals surface area contributed by atoms with E-state index < -0.39 is 0 Å². The number of aromatic nitrogens is 1. The number of hydrogen-bond donors (Lipinski definition) is 1. The van der Waals surface area contributed by atoms with Crippen molar-refractivity contribution < 1.29 is 14.3 Å². The molecule has 0 radical (unpaired) electrons. The predicted octanol–water partition coefficient (Wildman–Crippen LogP) is 2.39. The van der Waals surface area contributed by atoms with Gasteiger partial charge in [0.05, 0.1) is 6.61 Å². The van der Waals surface area contributed by atoms with Crippen LogP contribution < -0.4 is 0 Å². The molecular formula is C17H21N3O3. The van der Waals surface area contributed by atoms with Gasteiger partial charge in [-0.2, -0.15) is 0 Å². The van der Waals surface area contributed by atoms with E-state index in [1.165, 1.54) is 0 Å². The number of hydrogen-bond acceptors (Lipinski definition) is 3. The summed E-state index contributed by atoms with van der Waals surface area (Å²) >= 11 is 0. The molecule has 1 aliphatic rings. The molecule has 3 rings (SSSR count). The Labute approximate surface area is 135 Å². The lowest BCUT2D eigenvalue weighted by Gasteiger charge is -2.33. The van der Waals surface area contributed by atoms with E-state index in [0.717, 1.165) is 16.5 Å². The van der Waals surface area contributed by atoms with E-state index in [2.05, 4.69) is 4.98 Å². The summed E-state index contributed by atoms with van der Waals surface area (Å²) in [7, 11) is 0.